The van der Waals surface area contributed by atoms with Crippen molar-refractivity contribution in [3.05, 3.63) is 30.3 Å². The molecule has 1 aromatic carbocycles. The lowest BCUT2D eigenvalue weighted by Gasteiger charge is -2.04. The molecule has 0 aliphatic rings. The van der Waals surface area contributed by atoms with E-state index in [-0.39, 0.29) is 0 Å². The van der Waals surface area contributed by atoms with Crippen LogP contribution in [0.4, 0.5) is 5.69 Å². The van der Waals surface area contributed by atoms with Gasteiger partial charge in [0.25, 0.3) is 0 Å². The van der Waals surface area contributed by atoms with Crippen LogP contribution >= 0.6 is 0 Å². The molecular weight excluding hydrogens is 186 g/mol. The molecule has 0 bridgehead atoms. The molecule has 0 aliphatic heterocycles. The molecule has 1 rings (SSSR count). The Labute approximate surface area is 80.6 Å². The van der Waals surface area contributed by atoms with Gasteiger partial charge >= 0.3 is 11.9 Å². The lowest BCUT2D eigenvalue weighted by Crippen LogP contribution is -2.21. The Kier molecular flexibility index (Phi) is 3.49. The zero-order chi connectivity index (χ0) is 10.4. The first-order valence-electron chi connectivity index (χ1n) is 3.84. The number of benzene rings is 1. The van der Waals surface area contributed by atoms with E-state index in [1.807, 2.05) is 6.07 Å². The van der Waals surface area contributed by atoms with Crippen LogP contribution in [0, 0.1) is 0 Å². The smallest absolute Gasteiger partial charge is 0.441 e. The fraction of sp³-hybridized carbons (Fsp3) is 0.111. The first-order chi connectivity index (χ1) is 6.74. The lowest BCUT2D eigenvalue weighted by atomic mass is 10.3. The van der Waals surface area contributed by atoms with E-state index >= 15 is 0 Å². The Bertz CT molecular complexity index is 323. The second-order valence-electron chi connectivity index (χ2n) is 2.35. The van der Waals surface area contributed by atoms with Crippen LogP contribution < -0.4 is 5.48 Å². The summed E-state index contributed by atoms with van der Waals surface area (Å²) < 4.78 is 4.15. The van der Waals surface area contributed by atoms with Crippen molar-refractivity contribution in [3.63, 3.8) is 0 Å². The van der Waals surface area contributed by atoms with Crippen molar-refractivity contribution < 1.29 is 19.2 Å². The normalized spacial score (nSPS) is 8.93. The summed E-state index contributed by atoms with van der Waals surface area (Å²) in [6.45, 7) is 0. The van der Waals surface area contributed by atoms with Crippen molar-refractivity contribution in [3.8, 4) is 0 Å². The summed E-state index contributed by atoms with van der Waals surface area (Å²) in [4.78, 5) is 25.8. The van der Waals surface area contributed by atoms with Crippen molar-refractivity contribution >= 4 is 17.6 Å². The molecule has 0 aliphatic carbocycles. The van der Waals surface area contributed by atoms with Crippen LogP contribution in [0.2, 0.25) is 0 Å². The molecule has 1 N–H and O–H groups in total. The minimum absolute atomic E-state index is 0.574. The van der Waals surface area contributed by atoms with Gasteiger partial charge in [-0.05, 0) is 12.1 Å². The molecule has 0 radical (unpaired) electrons. The van der Waals surface area contributed by atoms with Crippen LogP contribution in [0.15, 0.2) is 30.3 Å². The van der Waals surface area contributed by atoms with E-state index in [0.717, 1.165) is 7.11 Å². The monoisotopic (exact) mass is 195 g/mol. The van der Waals surface area contributed by atoms with Gasteiger partial charge in [0.15, 0.2) is 0 Å². The maximum absolute atomic E-state index is 10.8. The van der Waals surface area contributed by atoms with Crippen LogP contribution in [0.25, 0.3) is 0 Å². The predicted octanol–water partition coefficient (Wildman–Crippen LogP) is 0.730. The van der Waals surface area contributed by atoms with Crippen molar-refractivity contribution in [2.45, 2.75) is 0 Å². The molecule has 0 fully saturated rings. The maximum atomic E-state index is 10.8. The Morgan fingerprint density at radius 2 is 1.79 bits per heavy atom. The number of methoxy groups -OCH3 is 1. The number of hydrogen-bond donors (Lipinski definition) is 1. The molecule has 1 aromatic rings. The molecule has 5 nitrogen and oxygen atoms in total. The molecular formula is C9H9NO4. The van der Waals surface area contributed by atoms with Gasteiger partial charge < -0.3 is 9.57 Å². The second kappa shape index (κ2) is 4.86. The molecule has 74 valence electrons. The number of para-hydroxylation sites is 1. The maximum Gasteiger partial charge on any atom is 0.441 e. The highest BCUT2D eigenvalue weighted by Gasteiger charge is 2.15. The summed E-state index contributed by atoms with van der Waals surface area (Å²) in [6.07, 6.45) is 0. The molecule has 0 saturated heterocycles. The summed E-state index contributed by atoms with van der Waals surface area (Å²) >= 11 is 0. The summed E-state index contributed by atoms with van der Waals surface area (Å²) in [7, 11) is 1.10. The van der Waals surface area contributed by atoms with E-state index in [1.54, 1.807) is 24.3 Å². The van der Waals surface area contributed by atoms with E-state index in [2.05, 4.69) is 15.1 Å². The summed E-state index contributed by atoms with van der Waals surface area (Å²) in [5, 5.41) is 0. The molecule has 14 heavy (non-hydrogen) atoms. The molecule has 0 spiro atoms. The number of esters is 1. The zero-order valence-electron chi connectivity index (χ0n) is 7.52. The Balaban J connectivity index is 2.42. The van der Waals surface area contributed by atoms with Crippen LogP contribution in [0.3, 0.4) is 0 Å². The number of anilines is 1. The van der Waals surface area contributed by atoms with Crippen molar-refractivity contribution in [2.75, 3.05) is 12.6 Å². The van der Waals surface area contributed by atoms with Crippen molar-refractivity contribution in [1.82, 2.24) is 0 Å². The summed E-state index contributed by atoms with van der Waals surface area (Å²) in [5.74, 6) is -2.13. The van der Waals surface area contributed by atoms with E-state index < -0.39 is 11.9 Å². The average molecular weight is 195 g/mol. The molecule has 0 amide bonds. The lowest BCUT2D eigenvalue weighted by molar-refractivity contribution is -0.164. The molecule has 5 heteroatoms. The van der Waals surface area contributed by atoms with Gasteiger partial charge in [0.2, 0.25) is 0 Å². The van der Waals surface area contributed by atoms with Crippen LogP contribution in [0.1, 0.15) is 0 Å². The van der Waals surface area contributed by atoms with Crippen LogP contribution in [-0.4, -0.2) is 19.0 Å². The molecule has 0 unspecified atom stereocenters. The number of carbonyl (C=O) groups excluding carboxylic acids is 2. The van der Waals surface area contributed by atoms with Gasteiger partial charge in [0.05, 0.1) is 12.8 Å². The SMILES string of the molecule is COC(=O)C(=O)ONc1ccccc1. The quantitative estimate of drug-likeness (QED) is 0.428. The van der Waals surface area contributed by atoms with Gasteiger partial charge in [0, 0.05) is 0 Å². The van der Waals surface area contributed by atoms with Crippen molar-refractivity contribution in [2.24, 2.45) is 0 Å². The number of ether oxygens (including phenoxy) is 1. The minimum Gasteiger partial charge on any atom is -0.461 e. The molecule has 0 heterocycles. The van der Waals surface area contributed by atoms with E-state index in [4.69, 9.17) is 0 Å². The first kappa shape index (κ1) is 10.0. The molecule has 0 aromatic heterocycles. The standard InChI is InChI=1S/C9H9NO4/c1-13-8(11)9(12)14-10-7-5-3-2-4-6-7/h2-6,10H,1H3. The van der Waals surface area contributed by atoms with Gasteiger partial charge in [-0.15, -0.1) is 0 Å². The van der Waals surface area contributed by atoms with E-state index in [9.17, 15) is 9.59 Å². The highest BCUT2D eigenvalue weighted by atomic mass is 16.7. The zero-order valence-corrected chi connectivity index (χ0v) is 7.52. The summed E-state index contributed by atoms with van der Waals surface area (Å²) in [5.41, 5.74) is 2.88. The fourth-order valence-electron chi connectivity index (χ4n) is 0.736. The minimum atomic E-state index is -1.09. The van der Waals surface area contributed by atoms with Gasteiger partial charge in [0.1, 0.15) is 0 Å². The van der Waals surface area contributed by atoms with Gasteiger partial charge in [-0.25, -0.2) is 15.1 Å². The third-order valence-electron chi connectivity index (χ3n) is 1.39. The van der Waals surface area contributed by atoms with Crippen molar-refractivity contribution in [1.29, 1.82) is 0 Å². The Hall–Kier alpha value is -2.04. The number of carbonyl (C=O) groups is 2. The fourth-order valence-corrected chi connectivity index (χ4v) is 0.736. The van der Waals surface area contributed by atoms with Gasteiger partial charge in [-0.2, -0.15) is 0 Å². The molecule has 0 saturated carbocycles. The molecule has 0 atom stereocenters. The van der Waals surface area contributed by atoms with Gasteiger partial charge in [-0.1, -0.05) is 18.2 Å². The van der Waals surface area contributed by atoms with Crippen LogP contribution in [0.5, 0.6) is 0 Å². The Morgan fingerprint density at radius 3 is 2.36 bits per heavy atom. The highest BCUT2D eigenvalue weighted by Crippen LogP contribution is 2.04. The van der Waals surface area contributed by atoms with Crippen LogP contribution in [-0.2, 0) is 19.2 Å². The topological polar surface area (TPSA) is 64.6 Å². The number of hydrogen-bond acceptors (Lipinski definition) is 5. The first-order valence-corrected chi connectivity index (χ1v) is 3.84. The third-order valence-corrected chi connectivity index (χ3v) is 1.39. The second-order valence-corrected chi connectivity index (χ2v) is 2.35. The predicted molar refractivity (Wildman–Crippen MR) is 48.2 cm³/mol. The van der Waals surface area contributed by atoms with Gasteiger partial charge in [-0.3, -0.25) is 0 Å². The van der Waals surface area contributed by atoms with E-state index in [0.29, 0.717) is 5.69 Å². The largest absolute Gasteiger partial charge is 0.461 e. The highest BCUT2D eigenvalue weighted by molar-refractivity contribution is 6.29. The third kappa shape index (κ3) is 2.78. The summed E-state index contributed by atoms with van der Waals surface area (Å²) in [6, 6.07) is 8.70. The Morgan fingerprint density at radius 1 is 1.14 bits per heavy atom. The number of nitrogens with one attached hydrogen (secondary N) is 1. The number of rotatable bonds is 2. The van der Waals surface area contributed by atoms with E-state index in [1.165, 1.54) is 0 Å². The average Bonchev–Trinajstić information content (AvgIpc) is 2.26.